The number of aryl methyl sites for hydroxylation is 1. The van der Waals surface area contributed by atoms with E-state index in [1.54, 1.807) is 23.1 Å². The van der Waals surface area contributed by atoms with Crippen LogP contribution in [0, 0.1) is 6.92 Å². The molecule has 0 spiro atoms. The molecular weight excluding hydrogens is 392 g/mol. The molecule has 0 radical (unpaired) electrons. The van der Waals surface area contributed by atoms with Crippen LogP contribution in [-0.2, 0) is 11.2 Å². The number of phenolic OH excluding ortho intramolecular Hbond substituents is 1. The van der Waals surface area contributed by atoms with Crippen molar-refractivity contribution in [3.05, 3.63) is 65.2 Å². The molecule has 1 N–H and O–H groups in total. The molecule has 0 aliphatic carbocycles. The number of phenols is 1. The second kappa shape index (κ2) is 8.00. The van der Waals surface area contributed by atoms with E-state index in [-0.39, 0.29) is 11.7 Å². The third-order valence-corrected chi connectivity index (χ3v) is 5.77. The van der Waals surface area contributed by atoms with Gasteiger partial charge in [-0.3, -0.25) is 9.69 Å². The summed E-state index contributed by atoms with van der Waals surface area (Å²) in [6, 6.07) is 14.7. The molecule has 158 valence electrons. The fourth-order valence-electron chi connectivity index (χ4n) is 4.09. The summed E-state index contributed by atoms with van der Waals surface area (Å²) in [5, 5.41) is 10.0. The number of anilines is 2. The number of carbonyl (C=O) groups excluding carboxylic acids is 1. The van der Waals surface area contributed by atoms with Crippen LogP contribution in [0.1, 0.15) is 21.5 Å². The summed E-state index contributed by atoms with van der Waals surface area (Å²) in [5.74, 6) is 1.36. The van der Waals surface area contributed by atoms with Crippen molar-refractivity contribution in [3.8, 4) is 17.0 Å². The van der Waals surface area contributed by atoms with E-state index in [2.05, 4.69) is 4.90 Å². The second-order valence-electron chi connectivity index (χ2n) is 7.90. The van der Waals surface area contributed by atoms with Crippen molar-refractivity contribution in [3.63, 3.8) is 0 Å². The van der Waals surface area contributed by atoms with Crippen molar-refractivity contribution >= 4 is 17.7 Å². The fraction of sp³-hybridized carbons (Fsp3) is 0.292. The van der Waals surface area contributed by atoms with Crippen LogP contribution < -0.4 is 9.80 Å². The molecule has 0 unspecified atom stereocenters. The topological polar surface area (TPSA) is 78.8 Å². The van der Waals surface area contributed by atoms with Crippen molar-refractivity contribution in [2.75, 3.05) is 42.6 Å². The molecular formula is C24H24N4O3. The van der Waals surface area contributed by atoms with Crippen LogP contribution in [0.5, 0.6) is 5.75 Å². The summed E-state index contributed by atoms with van der Waals surface area (Å²) in [6.45, 7) is 5.19. The predicted octanol–water partition coefficient (Wildman–Crippen LogP) is 3.20. The van der Waals surface area contributed by atoms with E-state index in [9.17, 15) is 9.90 Å². The van der Waals surface area contributed by atoms with Crippen LogP contribution >= 0.6 is 0 Å². The summed E-state index contributed by atoms with van der Waals surface area (Å²) in [7, 11) is 0. The van der Waals surface area contributed by atoms with E-state index in [0.29, 0.717) is 56.6 Å². The van der Waals surface area contributed by atoms with Crippen LogP contribution in [0.2, 0.25) is 0 Å². The Bertz CT molecular complexity index is 1120. The van der Waals surface area contributed by atoms with Gasteiger partial charge in [0.1, 0.15) is 11.6 Å². The molecule has 7 heteroatoms. The fourth-order valence-corrected chi connectivity index (χ4v) is 4.09. The average molecular weight is 416 g/mol. The first-order chi connectivity index (χ1) is 15.1. The molecule has 2 aromatic carbocycles. The Morgan fingerprint density at radius 1 is 1.03 bits per heavy atom. The van der Waals surface area contributed by atoms with Gasteiger partial charge in [-0.25, -0.2) is 4.98 Å². The van der Waals surface area contributed by atoms with Crippen molar-refractivity contribution in [1.82, 2.24) is 9.97 Å². The highest BCUT2D eigenvalue weighted by Crippen LogP contribution is 2.37. The molecule has 3 aromatic rings. The maximum atomic E-state index is 13.3. The van der Waals surface area contributed by atoms with Gasteiger partial charge in [-0.2, -0.15) is 4.98 Å². The number of amides is 1. The average Bonchev–Trinajstić information content (AvgIpc) is 3.23. The van der Waals surface area contributed by atoms with Crippen LogP contribution in [0.4, 0.5) is 11.8 Å². The van der Waals surface area contributed by atoms with Crippen molar-refractivity contribution in [2.45, 2.75) is 13.3 Å². The minimum absolute atomic E-state index is 0.0627. The first-order valence-corrected chi connectivity index (χ1v) is 10.5. The molecule has 0 saturated carbocycles. The first-order valence-electron chi connectivity index (χ1n) is 10.5. The number of carbonyl (C=O) groups is 1. The zero-order chi connectivity index (χ0) is 21.4. The van der Waals surface area contributed by atoms with Crippen LogP contribution in [0.3, 0.4) is 0 Å². The minimum atomic E-state index is -0.0627. The molecule has 1 amide bonds. The zero-order valence-corrected chi connectivity index (χ0v) is 17.4. The lowest BCUT2D eigenvalue weighted by Crippen LogP contribution is -2.38. The highest BCUT2D eigenvalue weighted by Gasteiger charge is 2.32. The van der Waals surface area contributed by atoms with Gasteiger partial charge in [0.2, 0.25) is 5.95 Å². The zero-order valence-electron chi connectivity index (χ0n) is 17.4. The van der Waals surface area contributed by atoms with Crippen molar-refractivity contribution in [1.29, 1.82) is 0 Å². The largest absolute Gasteiger partial charge is 0.508 e. The number of aromatic nitrogens is 2. The lowest BCUT2D eigenvalue weighted by atomic mass is 10.1. The maximum absolute atomic E-state index is 13.3. The normalized spacial score (nSPS) is 15.8. The minimum Gasteiger partial charge on any atom is -0.508 e. The summed E-state index contributed by atoms with van der Waals surface area (Å²) in [5.41, 5.74) is 4.27. The molecule has 3 heterocycles. The summed E-state index contributed by atoms with van der Waals surface area (Å²) >= 11 is 0. The Balaban J connectivity index is 1.61. The number of ether oxygens (including phenoxy) is 1. The standard InChI is InChI=1S/C24H24N4O3/c1-16-5-7-17(8-6-16)23(30)28-10-9-20-21(18-3-2-4-19(29)15-18)25-24(26-22(20)28)27-11-13-31-14-12-27/h2-8,15,29H,9-14H2,1H3. The van der Waals surface area contributed by atoms with Crippen LogP contribution in [0.15, 0.2) is 48.5 Å². The Kier molecular flexibility index (Phi) is 5.03. The van der Waals surface area contributed by atoms with E-state index >= 15 is 0 Å². The van der Waals surface area contributed by atoms with Gasteiger partial charge in [-0.1, -0.05) is 29.8 Å². The lowest BCUT2D eigenvalue weighted by molar-refractivity contribution is 0.0988. The number of hydrogen-bond donors (Lipinski definition) is 1. The molecule has 0 atom stereocenters. The van der Waals surface area contributed by atoms with Gasteiger partial charge in [0, 0.05) is 36.3 Å². The number of rotatable bonds is 3. The third kappa shape index (κ3) is 3.72. The highest BCUT2D eigenvalue weighted by atomic mass is 16.5. The maximum Gasteiger partial charge on any atom is 0.259 e. The van der Waals surface area contributed by atoms with Crippen LogP contribution in [-0.4, -0.2) is 53.8 Å². The number of hydrogen-bond acceptors (Lipinski definition) is 6. The number of nitrogens with zero attached hydrogens (tertiary/aromatic N) is 4. The first kappa shape index (κ1) is 19.5. The van der Waals surface area contributed by atoms with Gasteiger partial charge in [-0.15, -0.1) is 0 Å². The van der Waals surface area contributed by atoms with E-state index in [1.165, 1.54) is 0 Å². The van der Waals surface area contributed by atoms with Gasteiger partial charge in [-0.05, 0) is 37.6 Å². The molecule has 0 bridgehead atoms. The molecule has 1 fully saturated rings. The molecule has 1 saturated heterocycles. The Hall–Kier alpha value is -3.45. The Morgan fingerprint density at radius 3 is 2.55 bits per heavy atom. The molecule has 2 aliphatic heterocycles. The van der Waals surface area contributed by atoms with Gasteiger partial charge in [0.05, 0.1) is 18.9 Å². The molecule has 2 aliphatic rings. The van der Waals surface area contributed by atoms with E-state index in [1.807, 2.05) is 37.3 Å². The SMILES string of the molecule is Cc1ccc(C(=O)N2CCc3c(-c4cccc(O)c4)nc(N4CCOCC4)nc32)cc1. The van der Waals surface area contributed by atoms with E-state index < -0.39 is 0 Å². The van der Waals surface area contributed by atoms with Gasteiger partial charge < -0.3 is 14.7 Å². The highest BCUT2D eigenvalue weighted by molar-refractivity contribution is 6.07. The number of benzene rings is 2. The van der Waals surface area contributed by atoms with E-state index in [4.69, 9.17) is 14.7 Å². The molecule has 1 aromatic heterocycles. The Morgan fingerprint density at radius 2 is 1.81 bits per heavy atom. The van der Waals surface area contributed by atoms with E-state index in [0.717, 1.165) is 22.4 Å². The predicted molar refractivity (Wildman–Crippen MR) is 119 cm³/mol. The van der Waals surface area contributed by atoms with Crippen molar-refractivity contribution < 1.29 is 14.6 Å². The second-order valence-corrected chi connectivity index (χ2v) is 7.90. The third-order valence-electron chi connectivity index (χ3n) is 5.77. The molecule has 5 rings (SSSR count). The monoisotopic (exact) mass is 416 g/mol. The summed E-state index contributed by atoms with van der Waals surface area (Å²) in [6.07, 6.45) is 0.668. The van der Waals surface area contributed by atoms with Gasteiger partial charge >= 0.3 is 0 Å². The number of morpholine rings is 1. The van der Waals surface area contributed by atoms with Crippen LogP contribution in [0.25, 0.3) is 11.3 Å². The van der Waals surface area contributed by atoms with Gasteiger partial charge in [0.25, 0.3) is 5.91 Å². The quantitative estimate of drug-likeness (QED) is 0.707. The summed E-state index contributed by atoms with van der Waals surface area (Å²) in [4.78, 5) is 26.8. The van der Waals surface area contributed by atoms with Crippen molar-refractivity contribution in [2.24, 2.45) is 0 Å². The number of fused-ring (bicyclic) bond motifs is 1. The number of aromatic hydroxyl groups is 1. The van der Waals surface area contributed by atoms with Gasteiger partial charge in [0.15, 0.2) is 0 Å². The smallest absolute Gasteiger partial charge is 0.259 e. The molecule has 7 nitrogen and oxygen atoms in total. The lowest BCUT2D eigenvalue weighted by Gasteiger charge is -2.28. The Labute approximate surface area is 180 Å². The molecule has 31 heavy (non-hydrogen) atoms. The summed E-state index contributed by atoms with van der Waals surface area (Å²) < 4.78 is 5.48.